The number of nitriles is 1. The Balaban J connectivity index is 0.000000106. The Labute approximate surface area is 663 Å². The third-order valence-electron chi connectivity index (χ3n) is 22.9. The van der Waals surface area contributed by atoms with E-state index in [0.29, 0.717) is 22.6 Å². The standard InChI is InChI=1S/C37H22BN3O.C36H21BN4O.C26H14BN3O/c1-39-26-20-25(21-27(23-26)40-33-15-7-3-12-30(33)31-13-4-8-16-34(31)40)24-18-19-36-37(22-24)42-38-32-14-6-2-10-28(32)29-11-5-9-17-35(29)41(36)38;1-38-25-19-24(20-26(22-25)40-32-14-6-3-11-29(32)30-12-8-18-39-36(30)40)23-16-17-34-35(21-23)42-37-31-13-5-2-9-27(31)28-10-4-7-15-33(28)41(34)37;1-29-20-13-17(16-28)12-19(14-20)18-10-11-25-26(15-18)31-27-23-8-4-2-6-21(23)22-7-3-5-9-24(22)30(25)27/h2-23H;2-22H;2-15H. The minimum Gasteiger partial charge on any atom is -0.536 e. The van der Waals surface area contributed by atoms with Crippen LogP contribution < -0.4 is 44.8 Å². The summed E-state index contributed by atoms with van der Waals surface area (Å²) in [5.41, 5.74) is 31.1. The first kappa shape index (κ1) is 66.0. The molecular weight excluding hydrogens is 1410 g/mol. The quantitative estimate of drug-likeness (QED) is 0.124. The smallest absolute Gasteiger partial charge is 0.524 e. The van der Waals surface area contributed by atoms with Crippen molar-refractivity contribution in [3.63, 3.8) is 0 Å². The average molecular weight is 1470 g/mol. The molecule has 0 unspecified atom stereocenters. The molecule has 18 aromatic rings. The molecule has 3 aromatic heterocycles. The highest BCUT2D eigenvalue weighted by Gasteiger charge is 2.48. The van der Waals surface area contributed by atoms with Crippen molar-refractivity contribution in [1.29, 1.82) is 5.26 Å². The van der Waals surface area contributed by atoms with Crippen LogP contribution in [-0.4, -0.2) is 35.3 Å². The molecule has 24 rings (SSSR count). The number of hydrogen-bond donors (Lipinski definition) is 0. The maximum absolute atomic E-state index is 9.33. The van der Waals surface area contributed by atoms with Gasteiger partial charge in [0.15, 0.2) is 17.1 Å². The average Bonchev–Trinajstić information content (AvgIpc) is 1.62. The van der Waals surface area contributed by atoms with Gasteiger partial charge in [-0.15, -0.1) is 0 Å². The maximum atomic E-state index is 9.33. The Kier molecular flexibility index (Phi) is 15.1. The van der Waals surface area contributed by atoms with Crippen LogP contribution in [0.3, 0.4) is 0 Å². The SMILES string of the molecule is [C-]#[N+]c1cc(-c2ccc3c(c2)OB2c4ccccc4-c4ccccc4N23)cc(-n2c3ccccc3c3ccccc32)c1.[C-]#[N+]c1cc(-c2ccc3c(c2)OB2c4ccccc4-c4ccccc4N23)cc(-n2c3ccccc3c3cccnc32)c1.[C-]#[N+]c1cc(C#N)cc(-c2ccc3c(c2)OB2c4ccccc4-c4ccccc4N23)c1. The van der Waals surface area contributed by atoms with Gasteiger partial charge in [0.25, 0.3) is 0 Å². The lowest BCUT2D eigenvalue weighted by molar-refractivity contribution is 0.603. The van der Waals surface area contributed by atoms with E-state index in [-0.39, 0.29) is 21.2 Å². The fraction of sp³-hybridized carbons (Fsp3) is 0. The molecule has 0 radical (unpaired) electrons. The van der Waals surface area contributed by atoms with E-state index in [9.17, 15) is 5.26 Å². The van der Waals surface area contributed by atoms with Crippen molar-refractivity contribution in [3.05, 3.63) is 386 Å². The van der Waals surface area contributed by atoms with Gasteiger partial charge in [-0.3, -0.25) is 4.57 Å². The van der Waals surface area contributed by atoms with Gasteiger partial charge in [0.2, 0.25) is 0 Å². The van der Waals surface area contributed by atoms with Gasteiger partial charge >= 0.3 is 21.2 Å². The summed E-state index contributed by atoms with van der Waals surface area (Å²) in [6, 6.07) is 119. The second-order valence-electron chi connectivity index (χ2n) is 29.2. The highest BCUT2D eigenvalue weighted by atomic mass is 16.5. The van der Waals surface area contributed by atoms with E-state index in [1.165, 1.54) is 44.2 Å². The van der Waals surface area contributed by atoms with Crippen molar-refractivity contribution in [2.24, 2.45) is 0 Å². The monoisotopic (exact) mass is 1470 g/mol. The molecule has 15 aromatic carbocycles. The fourth-order valence-electron chi connectivity index (χ4n) is 17.9. The molecule has 0 aliphatic carbocycles. The van der Waals surface area contributed by atoms with E-state index in [2.05, 4.69) is 311 Å². The Morgan fingerprint density at radius 1 is 0.296 bits per heavy atom. The molecule has 6 aliphatic heterocycles. The number of aromatic nitrogens is 3. The molecule has 0 saturated heterocycles. The third kappa shape index (κ3) is 10.5. The van der Waals surface area contributed by atoms with Crippen molar-refractivity contribution < 1.29 is 14.0 Å². The van der Waals surface area contributed by atoms with E-state index >= 15 is 0 Å². The molecule has 0 saturated carbocycles. The number of hydrogen-bond acceptors (Lipinski definition) is 8. The van der Waals surface area contributed by atoms with Crippen molar-refractivity contribution >= 4 is 132 Å². The summed E-state index contributed by atoms with van der Waals surface area (Å²) in [6.45, 7) is 23.1. The Hall–Kier alpha value is -16.0. The normalized spacial score (nSPS) is 12.8. The molecule has 0 amide bonds. The van der Waals surface area contributed by atoms with Gasteiger partial charge in [-0.2, -0.15) is 5.26 Å². The van der Waals surface area contributed by atoms with Gasteiger partial charge < -0.3 is 33.0 Å². The number of anilines is 6. The Bertz CT molecular complexity index is 6930. The van der Waals surface area contributed by atoms with Crippen molar-refractivity contribution in [3.8, 4) is 101 Å². The molecule has 115 heavy (non-hydrogen) atoms. The molecule has 16 heteroatoms. The summed E-state index contributed by atoms with van der Waals surface area (Å²) >= 11 is 0. The van der Waals surface area contributed by atoms with Crippen LogP contribution in [0.2, 0.25) is 0 Å². The van der Waals surface area contributed by atoms with Gasteiger partial charge in [-0.1, -0.05) is 200 Å². The molecule has 0 spiro atoms. The minimum absolute atomic E-state index is 0.218. The van der Waals surface area contributed by atoms with Crippen LogP contribution in [0.15, 0.2) is 346 Å². The Morgan fingerprint density at radius 2 is 0.635 bits per heavy atom. The predicted octanol–water partition coefficient (Wildman–Crippen LogP) is 22.9. The van der Waals surface area contributed by atoms with E-state index in [1.54, 1.807) is 6.07 Å². The first-order valence-corrected chi connectivity index (χ1v) is 38.0. The zero-order valence-electron chi connectivity index (χ0n) is 61.3. The van der Waals surface area contributed by atoms with Crippen LogP contribution in [-0.2, 0) is 0 Å². The maximum Gasteiger partial charge on any atom is 0.524 e. The number of benzene rings is 15. The van der Waals surface area contributed by atoms with Crippen LogP contribution >= 0.6 is 0 Å². The summed E-state index contributed by atoms with van der Waals surface area (Å²) in [7, 11) is -0.667. The second kappa shape index (κ2) is 26.4. The molecule has 6 aliphatic rings. The lowest BCUT2D eigenvalue weighted by Gasteiger charge is -2.31. The summed E-state index contributed by atoms with van der Waals surface area (Å²) in [5.74, 6) is 2.47. The van der Waals surface area contributed by atoms with Crippen LogP contribution in [0.5, 0.6) is 17.2 Å². The van der Waals surface area contributed by atoms with Gasteiger partial charge in [0, 0.05) is 78.4 Å². The number of nitrogens with zero attached hydrogens (tertiary/aromatic N) is 10. The number of fused-ring (bicyclic) bond motifs is 30. The van der Waals surface area contributed by atoms with Crippen molar-refractivity contribution in [2.45, 2.75) is 0 Å². The van der Waals surface area contributed by atoms with Crippen LogP contribution in [0, 0.1) is 31.0 Å². The van der Waals surface area contributed by atoms with Gasteiger partial charge in [0.05, 0.1) is 59.4 Å². The molecule has 13 nitrogen and oxygen atoms in total. The van der Waals surface area contributed by atoms with E-state index in [1.807, 2.05) is 72.9 Å². The summed E-state index contributed by atoms with van der Waals surface area (Å²) in [6.07, 6.45) is 1.82. The molecule has 0 bridgehead atoms. The molecule has 9 heterocycles. The van der Waals surface area contributed by atoms with Crippen LogP contribution in [0.4, 0.5) is 51.2 Å². The second-order valence-corrected chi connectivity index (χ2v) is 29.2. The summed E-state index contributed by atoms with van der Waals surface area (Å²) < 4.78 is 24.3. The predicted molar refractivity (Wildman–Crippen MR) is 466 cm³/mol. The van der Waals surface area contributed by atoms with Crippen LogP contribution in [0.1, 0.15) is 5.56 Å². The molecule has 0 N–H and O–H groups in total. The highest BCUT2D eigenvalue weighted by molar-refractivity contribution is 6.78. The van der Waals surface area contributed by atoms with Crippen molar-refractivity contribution in [1.82, 2.24) is 14.1 Å². The first-order valence-electron chi connectivity index (χ1n) is 38.0. The zero-order chi connectivity index (χ0) is 76.5. The van der Waals surface area contributed by atoms with Gasteiger partial charge in [-0.25, -0.2) is 19.5 Å². The summed E-state index contributed by atoms with van der Waals surface area (Å²) in [4.78, 5) is 22.8. The van der Waals surface area contributed by atoms with Gasteiger partial charge in [0.1, 0.15) is 22.9 Å². The number of rotatable bonds is 5. The topological polar surface area (TPSA) is 97.0 Å². The largest absolute Gasteiger partial charge is 0.536 e. The number of pyridine rings is 1. The van der Waals surface area contributed by atoms with E-state index in [0.717, 1.165) is 145 Å². The lowest BCUT2D eigenvalue weighted by atomic mass is 9.65. The molecule has 530 valence electrons. The molecular formula is C99H57B3N10O3. The Morgan fingerprint density at radius 3 is 1.05 bits per heavy atom. The van der Waals surface area contributed by atoms with Crippen molar-refractivity contribution in [2.75, 3.05) is 14.4 Å². The minimum atomic E-state index is -0.227. The van der Waals surface area contributed by atoms with E-state index < -0.39 is 0 Å². The third-order valence-corrected chi connectivity index (χ3v) is 22.9. The first-order chi connectivity index (χ1) is 56.8. The van der Waals surface area contributed by atoms with Crippen LogP contribution in [0.25, 0.3) is 136 Å². The molecule has 0 fully saturated rings. The highest BCUT2D eigenvalue weighted by Crippen LogP contribution is 2.53. The summed E-state index contributed by atoms with van der Waals surface area (Å²) in [5, 5.41) is 14.0. The van der Waals surface area contributed by atoms with Gasteiger partial charge in [-0.05, 0) is 206 Å². The zero-order valence-corrected chi connectivity index (χ0v) is 61.3. The molecule has 0 atom stereocenters. The number of para-hydroxylation sites is 6. The van der Waals surface area contributed by atoms with E-state index in [4.69, 9.17) is 38.7 Å². The lowest BCUT2D eigenvalue weighted by Crippen LogP contribution is -2.50. The fourth-order valence-corrected chi connectivity index (χ4v) is 17.9.